The SMILES string of the molecule is Cl.NC(C(=O)NCCS(=O)(=O)NCC1CCCCO1)c1ccccc1. The molecule has 2 unspecified atom stereocenters. The van der Waals surface area contributed by atoms with Crippen molar-refractivity contribution in [3.05, 3.63) is 35.9 Å². The monoisotopic (exact) mass is 391 g/mol. The molecule has 7 nitrogen and oxygen atoms in total. The molecule has 0 spiro atoms. The van der Waals surface area contributed by atoms with Gasteiger partial charge < -0.3 is 15.8 Å². The second kappa shape index (κ2) is 10.7. The number of carbonyl (C=O) groups excluding carboxylic acids is 1. The quantitative estimate of drug-likeness (QED) is 0.604. The van der Waals surface area contributed by atoms with Crippen molar-refractivity contribution >= 4 is 28.3 Å². The molecule has 1 aliphatic heterocycles. The highest BCUT2D eigenvalue weighted by molar-refractivity contribution is 7.89. The summed E-state index contributed by atoms with van der Waals surface area (Å²) in [4.78, 5) is 12.0. The number of hydrogen-bond donors (Lipinski definition) is 3. The Bertz CT molecular complexity index is 622. The Balaban J connectivity index is 0.00000312. The highest BCUT2D eigenvalue weighted by Crippen LogP contribution is 2.12. The second-order valence-corrected chi connectivity index (χ2v) is 7.76. The predicted octanol–water partition coefficient (Wildman–Crippen LogP) is 0.713. The Morgan fingerprint density at radius 2 is 2.00 bits per heavy atom. The molecule has 142 valence electrons. The van der Waals surface area contributed by atoms with E-state index in [-0.39, 0.29) is 37.4 Å². The van der Waals surface area contributed by atoms with Gasteiger partial charge in [-0.15, -0.1) is 12.4 Å². The van der Waals surface area contributed by atoms with Gasteiger partial charge in [-0.25, -0.2) is 13.1 Å². The van der Waals surface area contributed by atoms with Gasteiger partial charge in [0.05, 0.1) is 11.9 Å². The number of rotatable bonds is 8. The molecule has 0 radical (unpaired) electrons. The van der Waals surface area contributed by atoms with E-state index in [0.717, 1.165) is 19.3 Å². The molecule has 9 heteroatoms. The maximum Gasteiger partial charge on any atom is 0.241 e. The number of carbonyl (C=O) groups is 1. The molecule has 4 N–H and O–H groups in total. The van der Waals surface area contributed by atoms with Gasteiger partial charge >= 0.3 is 0 Å². The van der Waals surface area contributed by atoms with E-state index < -0.39 is 22.0 Å². The van der Waals surface area contributed by atoms with E-state index in [2.05, 4.69) is 10.0 Å². The van der Waals surface area contributed by atoms with Gasteiger partial charge in [-0.1, -0.05) is 30.3 Å². The molecule has 0 bridgehead atoms. The van der Waals surface area contributed by atoms with Gasteiger partial charge in [0.1, 0.15) is 6.04 Å². The van der Waals surface area contributed by atoms with Crippen LogP contribution in [0.3, 0.4) is 0 Å². The van der Waals surface area contributed by atoms with Crippen molar-refractivity contribution in [3.8, 4) is 0 Å². The first-order valence-electron chi connectivity index (χ1n) is 8.15. The van der Waals surface area contributed by atoms with Crippen LogP contribution in [0.25, 0.3) is 0 Å². The molecular formula is C16H26ClN3O4S. The largest absolute Gasteiger partial charge is 0.377 e. The van der Waals surface area contributed by atoms with Crippen molar-refractivity contribution in [2.75, 3.05) is 25.4 Å². The fourth-order valence-corrected chi connectivity index (χ4v) is 3.45. The van der Waals surface area contributed by atoms with Crippen LogP contribution in [-0.2, 0) is 19.6 Å². The zero-order valence-electron chi connectivity index (χ0n) is 14.0. The number of hydrogen-bond acceptors (Lipinski definition) is 5. The summed E-state index contributed by atoms with van der Waals surface area (Å²) in [5, 5.41) is 2.56. The number of ether oxygens (including phenoxy) is 1. The molecule has 25 heavy (non-hydrogen) atoms. The molecule has 2 atom stereocenters. The highest BCUT2D eigenvalue weighted by atomic mass is 35.5. The van der Waals surface area contributed by atoms with Crippen molar-refractivity contribution in [2.45, 2.75) is 31.4 Å². The normalized spacial score (nSPS) is 18.8. The summed E-state index contributed by atoms with van der Waals surface area (Å²) >= 11 is 0. The molecule has 0 saturated carbocycles. The van der Waals surface area contributed by atoms with Crippen LogP contribution in [0.15, 0.2) is 30.3 Å². The molecule has 1 heterocycles. The van der Waals surface area contributed by atoms with E-state index in [1.165, 1.54) is 0 Å². The van der Waals surface area contributed by atoms with E-state index in [1.54, 1.807) is 24.3 Å². The molecular weight excluding hydrogens is 366 g/mol. The van der Waals surface area contributed by atoms with Crippen LogP contribution in [0.1, 0.15) is 30.9 Å². The smallest absolute Gasteiger partial charge is 0.241 e. The first kappa shape index (κ1) is 21.9. The van der Waals surface area contributed by atoms with Crippen molar-refractivity contribution < 1.29 is 17.9 Å². The third-order valence-corrected chi connectivity index (χ3v) is 5.26. The predicted molar refractivity (Wildman–Crippen MR) is 99.0 cm³/mol. The van der Waals surface area contributed by atoms with Gasteiger partial charge in [0, 0.05) is 19.7 Å². The number of halogens is 1. The fraction of sp³-hybridized carbons (Fsp3) is 0.562. The van der Waals surface area contributed by atoms with Crippen molar-refractivity contribution in [1.29, 1.82) is 0 Å². The summed E-state index contributed by atoms with van der Waals surface area (Å²) < 4.78 is 31.9. The van der Waals surface area contributed by atoms with E-state index >= 15 is 0 Å². The van der Waals surface area contributed by atoms with Gasteiger partial charge in [0.15, 0.2) is 0 Å². The summed E-state index contributed by atoms with van der Waals surface area (Å²) in [5.41, 5.74) is 6.54. The minimum atomic E-state index is -3.45. The molecule has 1 aromatic rings. The summed E-state index contributed by atoms with van der Waals surface area (Å²) in [6, 6.07) is 8.13. The highest BCUT2D eigenvalue weighted by Gasteiger charge is 2.19. The second-order valence-electron chi connectivity index (χ2n) is 5.84. The molecule has 1 aliphatic rings. The minimum absolute atomic E-state index is 0. The third-order valence-electron chi connectivity index (χ3n) is 3.92. The number of amides is 1. The molecule has 0 aromatic heterocycles. The standard InChI is InChI=1S/C16H25N3O4S.ClH/c17-15(13-6-2-1-3-7-13)16(20)18-9-11-24(21,22)19-12-14-8-4-5-10-23-14;/h1-3,6-7,14-15,19H,4-5,8-12,17H2,(H,18,20);1H. The first-order chi connectivity index (χ1) is 11.5. The van der Waals surface area contributed by atoms with Crippen LogP contribution in [0.2, 0.25) is 0 Å². The zero-order valence-corrected chi connectivity index (χ0v) is 15.7. The molecule has 1 saturated heterocycles. The van der Waals surface area contributed by atoms with E-state index in [4.69, 9.17) is 10.5 Å². The number of nitrogens with one attached hydrogen (secondary N) is 2. The Morgan fingerprint density at radius 1 is 1.28 bits per heavy atom. The van der Waals surface area contributed by atoms with Crippen LogP contribution in [0.4, 0.5) is 0 Å². The molecule has 1 aromatic carbocycles. The summed E-state index contributed by atoms with van der Waals surface area (Å²) in [6.07, 6.45) is 2.89. The molecule has 1 fully saturated rings. The van der Waals surface area contributed by atoms with Gasteiger partial charge in [-0.2, -0.15) is 0 Å². The van der Waals surface area contributed by atoms with E-state index in [9.17, 15) is 13.2 Å². The van der Waals surface area contributed by atoms with Crippen LogP contribution >= 0.6 is 12.4 Å². The van der Waals surface area contributed by atoms with E-state index in [0.29, 0.717) is 12.2 Å². The van der Waals surface area contributed by atoms with Crippen molar-refractivity contribution in [2.24, 2.45) is 5.73 Å². The average molecular weight is 392 g/mol. The maximum absolute atomic E-state index is 12.0. The number of nitrogens with two attached hydrogens (primary N) is 1. The summed E-state index contributed by atoms with van der Waals surface area (Å²) in [5.74, 6) is -0.584. The first-order valence-corrected chi connectivity index (χ1v) is 9.80. The lowest BCUT2D eigenvalue weighted by Gasteiger charge is -2.22. The van der Waals surface area contributed by atoms with Crippen LogP contribution in [0.5, 0.6) is 0 Å². The Morgan fingerprint density at radius 3 is 2.64 bits per heavy atom. The summed E-state index contributed by atoms with van der Waals surface area (Å²) in [6.45, 7) is 0.972. The third kappa shape index (κ3) is 7.70. The lowest BCUT2D eigenvalue weighted by Crippen LogP contribution is -2.41. The topological polar surface area (TPSA) is 111 Å². The zero-order chi connectivity index (χ0) is 17.4. The number of benzene rings is 1. The van der Waals surface area contributed by atoms with Crippen LogP contribution in [0, 0.1) is 0 Å². The van der Waals surface area contributed by atoms with Crippen molar-refractivity contribution in [3.63, 3.8) is 0 Å². The maximum atomic E-state index is 12.0. The van der Waals surface area contributed by atoms with Crippen LogP contribution < -0.4 is 15.8 Å². The van der Waals surface area contributed by atoms with Gasteiger partial charge in [-0.05, 0) is 24.8 Å². The Labute approximate surface area is 155 Å². The van der Waals surface area contributed by atoms with E-state index in [1.807, 2.05) is 6.07 Å². The molecule has 1 amide bonds. The minimum Gasteiger partial charge on any atom is -0.377 e. The van der Waals surface area contributed by atoms with Crippen molar-refractivity contribution in [1.82, 2.24) is 10.0 Å². The Kier molecular flexibility index (Phi) is 9.37. The molecule has 2 rings (SSSR count). The lowest BCUT2D eigenvalue weighted by atomic mass is 10.1. The summed E-state index contributed by atoms with van der Waals surface area (Å²) in [7, 11) is -3.45. The average Bonchev–Trinajstić information content (AvgIpc) is 2.61. The lowest BCUT2D eigenvalue weighted by molar-refractivity contribution is -0.122. The molecule has 0 aliphatic carbocycles. The van der Waals surface area contributed by atoms with Crippen LogP contribution in [-0.4, -0.2) is 45.9 Å². The fourth-order valence-electron chi connectivity index (χ4n) is 2.49. The number of sulfonamides is 1. The van der Waals surface area contributed by atoms with Gasteiger partial charge in [-0.3, -0.25) is 4.79 Å². The van der Waals surface area contributed by atoms with Gasteiger partial charge in [0.2, 0.25) is 15.9 Å². The Hall–Kier alpha value is -1.19. The van der Waals surface area contributed by atoms with Gasteiger partial charge in [0.25, 0.3) is 0 Å².